The van der Waals surface area contributed by atoms with Crippen molar-refractivity contribution in [3.8, 4) is 0 Å². The summed E-state index contributed by atoms with van der Waals surface area (Å²) in [6.07, 6.45) is 4.81. The molecule has 31 heavy (non-hydrogen) atoms. The summed E-state index contributed by atoms with van der Waals surface area (Å²) >= 11 is 0. The highest BCUT2D eigenvalue weighted by Crippen LogP contribution is 2.32. The number of carbonyl (C=O) groups is 1. The molecule has 2 atom stereocenters. The first-order valence-corrected chi connectivity index (χ1v) is 12.2. The first-order valence-electron chi connectivity index (χ1n) is 10.8. The first-order chi connectivity index (χ1) is 15.0. The molecule has 1 N–H and O–H groups in total. The van der Waals surface area contributed by atoms with Gasteiger partial charge in [-0.3, -0.25) is 9.78 Å². The van der Waals surface area contributed by atoms with E-state index >= 15 is 0 Å². The Morgan fingerprint density at radius 1 is 1.03 bits per heavy atom. The molecule has 1 fully saturated rings. The van der Waals surface area contributed by atoms with Crippen molar-refractivity contribution in [2.45, 2.75) is 36.6 Å². The lowest BCUT2D eigenvalue weighted by Crippen LogP contribution is -2.45. The molecule has 0 saturated carbocycles. The number of aromatic nitrogens is 1. The molecule has 1 aromatic heterocycles. The SMILES string of the molecule is O=C(NC1CCc2ccccc21)C1CCCN(S(=O)(=O)c2cccc3cccnc23)C1. The molecule has 1 saturated heterocycles. The number of sulfonamides is 1. The van der Waals surface area contributed by atoms with Gasteiger partial charge in [0.15, 0.2) is 0 Å². The molecule has 2 unspecified atom stereocenters. The molecule has 0 bridgehead atoms. The normalized spacial score (nSPS) is 21.7. The Labute approximate surface area is 182 Å². The van der Waals surface area contributed by atoms with Crippen LogP contribution in [0.1, 0.15) is 36.4 Å². The number of amides is 1. The topological polar surface area (TPSA) is 79.4 Å². The van der Waals surface area contributed by atoms with Gasteiger partial charge in [0, 0.05) is 24.7 Å². The van der Waals surface area contributed by atoms with Crippen molar-refractivity contribution in [1.82, 2.24) is 14.6 Å². The molecule has 2 aliphatic rings. The minimum absolute atomic E-state index is 0.0120. The van der Waals surface area contributed by atoms with E-state index in [-0.39, 0.29) is 29.3 Å². The minimum atomic E-state index is -3.74. The van der Waals surface area contributed by atoms with Gasteiger partial charge in [-0.1, -0.05) is 42.5 Å². The maximum Gasteiger partial charge on any atom is 0.245 e. The Kier molecular flexibility index (Phi) is 5.24. The van der Waals surface area contributed by atoms with E-state index in [4.69, 9.17) is 0 Å². The lowest BCUT2D eigenvalue weighted by Gasteiger charge is -2.32. The molecular formula is C24H25N3O3S. The molecule has 1 amide bonds. The largest absolute Gasteiger partial charge is 0.349 e. The predicted molar refractivity (Wildman–Crippen MR) is 119 cm³/mol. The summed E-state index contributed by atoms with van der Waals surface area (Å²) in [5.74, 6) is -0.406. The molecule has 6 nitrogen and oxygen atoms in total. The third kappa shape index (κ3) is 3.72. The van der Waals surface area contributed by atoms with Crippen molar-refractivity contribution in [2.24, 2.45) is 5.92 Å². The number of rotatable bonds is 4. The Bertz CT molecular complexity index is 1240. The molecule has 7 heteroatoms. The molecule has 0 radical (unpaired) electrons. The van der Waals surface area contributed by atoms with Gasteiger partial charge in [0.25, 0.3) is 0 Å². The van der Waals surface area contributed by atoms with Gasteiger partial charge in [0.05, 0.1) is 17.5 Å². The second kappa shape index (κ2) is 8.05. The number of nitrogens with zero attached hydrogens (tertiary/aromatic N) is 2. The maximum atomic E-state index is 13.4. The standard InChI is InChI=1S/C24H25N3O3S/c28-24(26-21-13-12-17-6-1-2-10-20(17)21)19-9-5-15-27(16-19)31(29,30)22-11-3-7-18-8-4-14-25-23(18)22/h1-4,6-8,10-11,14,19,21H,5,9,12-13,15-16H2,(H,26,28). The van der Waals surface area contributed by atoms with E-state index in [9.17, 15) is 13.2 Å². The van der Waals surface area contributed by atoms with Crippen LogP contribution in [0.5, 0.6) is 0 Å². The van der Waals surface area contributed by atoms with Crippen LogP contribution < -0.4 is 5.32 Å². The van der Waals surface area contributed by atoms with Crippen LogP contribution in [0.4, 0.5) is 0 Å². The van der Waals surface area contributed by atoms with E-state index in [0.29, 0.717) is 24.9 Å². The number of fused-ring (bicyclic) bond motifs is 2. The number of nitrogens with one attached hydrogen (secondary N) is 1. The fourth-order valence-electron chi connectivity index (χ4n) is 4.79. The average Bonchev–Trinajstić information content (AvgIpc) is 3.21. The first kappa shape index (κ1) is 20.2. The van der Waals surface area contributed by atoms with Crippen molar-refractivity contribution in [1.29, 1.82) is 0 Å². The second-order valence-electron chi connectivity index (χ2n) is 8.33. The van der Waals surface area contributed by atoms with Gasteiger partial charge < -0.3 is 5.32 Å². The molecule has 3 aromatic rings. The fraction of sp³-hybridized carbons (Fsp3) is 0.333. The zero-order valence-electron chi connectivity index (χ0n) is 17.2. The number of benzene rings is 2. The molecule has 160 valence electrons. The summed E-state index contributed by atoms with van der Waals surface area (Å²) < 4.78 is 28.3. The smallest absolute Gasteiger partial charge is 0.245 e. The Morgan fingerprint density at radius 3 is 2.77 bits per heavy atom. The second-order valence-corrected chi connectivity index (χ2v) is 10.2. The highest BCUT2D eigenvalue weighted by molar-refractivity contribution is 7.89. The van der Waals surface area contributed by atoms with Crippen LogP contribution in [-0.4, -0.2) is 36.7 Å². The van der Waals surface area contributed by atoms with Crippen molar-refractivity contribution in [3.05, 3.63) is 71.9 Å². The molecule has 0 spiro atoms. The third-order valence-corrected chi connectivity index (χ3v) is 8.31. The third-order valence-electron chi connectivity index (χ3n) is 6.42. The van der Waals surface area contributed by atoms with E-state index < -0.39 is 10.0 Å². The Hall–Kier alpha value is -2.77. The van der Waals surface area contributed by atoms with Gasteiger partial charge in [0.2, 0.25) is 15.9 Å². The van der Waals surface area contributed by atoms with Crippen molar-refractivity contribution < 1.29 is 13.2 Å². The number of hydrogen-bond donors (Lipinski definition) is 1. The number of piperidine rings is 1. The monoisotopic (exact) mass is 435 g/mol. The summed E-state index contributed by atoms with van der Waals surface area (Å²) in [6, 6.07) is 17.0. The molecular weight excluding hydrogens is 410 g/mol. The number of aryl methyl sites for hydroxylation is 1. The van der Waals surface area contributed by atoms with Gasteiger partial charge in [-0.15, -0.1) is 0 Å². The fourth-order valence-corrected chi connectivity index (χ4v) is 6.48. The summed E-state index contributed by atoms with van der Waals surface area (Å²) in [5, 5.41) is 3.96. The lowest BCUT2D eigenvalue weighted by atomic mass is 9.98. The molecule has 5 rings (SSSR count). The van der Waals surface area contributed by atoms with E-state index in [1.807, 2.05) is 24.3 Å². The minimum Gasteiger partial charge on any atom is -0.349 e. The van der Waals surface area contributed by atoms with Crippen molar-refractivity contribution in [2.75, 3.05) is 13.1 Å². The summed E-state index contributed by atoms with van der Waals surface area (Å²) in [6.45, 7) is 0.618. The number of carbonyl (C=O) groups excluding carboxylic acids is 1. The molecule has 2 aromatic carbocycles. The van der Waals surface area contributed by atoms with Crippen LogP contribution in [0, 0.1) is 5.92 Å². The van der Waals surface area contributed by atoms with Gasteiger partial charge in [-0.25, -0.2) is 8.42 Å². The van der Waals surface area contributed by atoms with Crippen molar-refractivity contribution >= 4 is 26.8 Å². The van der Waals surface area contributed by atoms with E-state index in [1.54, 1.807) is 24.4 Å². The zero-order chi connectivity index (χ0) is 21.4. The summed E-state index contributed by atoms with van der Waals surface area (Å²) in [5.41, 5.74) is 2.93. The van der Waals surface area contributed by atoms with Crippen molar-refractivity contribution in [3.63, 3.8) is 0 Å². The number of hydrogen-bond acceptors (Lipinski definition) is 4. The van der Waals surface area contributed by atoms with Gasteiger partial charge in [-0.2, -0.15) is 4.31 Å². The highest BCUT2D eigenvalue weighted by Gasteiger charge is 2.35. The number of para-hydroxylation sites is 1. The van der Waals surface area contributed by atoms with Crippen LogP contribution in [0.25, 0.3) is 10.9 Å². The van der Waals surface area contributed by atoms with Crippen LogP contribution in [0.3, 0.4) is 0 Å². The van der Waals surface area contributed by atoms with Crippen LogP contribution in [0.2, 0.25) is 0 Å². The molecule has 1 aliphatic heterocycles. The maximum absolute atomic E-state index is 13.4. The summed E-state index contributed by atoms with van der Waals surface area (Å²) in [4.78, 5) is 17.5. The summed E-state index contributed by atoms with van der Waals surface area (Å²) in [7, 11) is -3.74. The van der Waals surface area contributed by atoms with E-state index in [2.05, 4.69) is 22.4 Å². The quantitative estimate of drug-likeness (QED) is 0.681. The highest BCUT2D eigenvalue weighted by atomic mass is 32.2. The van der Waals surface area contributed by atoms with Crippen LogP contribution >= 0.6 is 0 Å². The van der Waals surface area contributed by atoms with Gasteiger partial charge in [-0.05, 0) is 48.9 Å². The molecule has 1 aliphatic carbocycles. The van der Waals surface area contributed by atoms with Crippen LogP contribution in [0.15, 0.2) is 65.7 Å². The molecule has 2 heterocycles. The lowest BCUT2D eigenvalue weighted by molar-refractivity contribution is -0.126. The van der Waals surface area contributed by atoms with E-state index in [1.165, 1.54) is 15.4 Å². The Morgan fingerprint density at radius 2 is 1.87 bits per heavy atom. The van der Waals surface area contributed by atoms with Gasteiger partial charge >= 0.3 is 0 Å². The van der Waals surface area contributed by atoms with Gasteiger partial charge in [0.1, 0.15) is 4.90 Å². The Balaban J connectivity index is 1.35. The average molecular weight is 436 g/mol. The number of pyridine rings is 1. The van der Waals surface area contributed by atoms with Crippen LogP contribution in [-0.2, 0) is 21.2 Å². The van der Waals surface area contributed by atoms with E-state index in [0.717, 1.165) is 18.2 Å². The zero-order valence-corrected chi connectivity index (χ0v) is 18.0. The predicted octanol–water partition coefficient (Wildman–Crippen LogP) is 3.44.